The second-order valence-electron chi connectivity index (χ2n) is 4.23. The van der Waals surface area contributed by atoms with Crippen LogP contribution in [0.3, 0.4) is 0 Å². The molecule has 11 nitrogen and oxygen atoms in total. The number of nitrogens with two attached hydrogens (primary N) is 1. The maximum atomic E-state index is 11.3. The van der Waals surface area contributed by atoms with Gasteiger partial charge in [-0.3, -0.25) is 18.7 Å². The Balaban J connectivity index is 6.06. The molecule has 1 atom stereocenters. The van der Waals surface area contributed by atoms with E-state index in [1.807, 2.05) is 0 Å². The van der Waals surface area contributed by atoms with Crippen LogP contribution in [0.5, 0.6) is 0 Å². The van der Waals surface area contributed by atoms with Crippen molar-refractivity contribution in [2.45, 2.75) is 0 Å². The Bertz CT molecular complexity index is 454. The van der Waals surface area contributed by atoms with E-state index < -0.39 is 57.3 Å². The van der Waals surface area contributed by atoms with Crippen LogP contribution in [0, 0.1) is 11.3 Å². The lowest BCUT2D eigenvalue weighted by Gasteiger charge is -2.34. The summed E-state index contributed by atoms with van der Waals surface area (Å²) in [6.07, 6.45) is -3.09. The fourth-order valence-electron chi connectivity index (χ4n) is 1.85. The average Bonchev–Trinajstić information content (AvgIpc) is 2.11. The maximum absolute atomic E-state index is 11.3. The summed E-state index contributed by atoms with van der Waals surface area (Å²) < 4.78 is 22.0. The van der Waals surface area contributed by atoms with Crippen molar-refractivity contribution in [3.8, 4) is 0 Å². The van der Waals surface area contributed by atoms with Gasteiger partial charge in [0.2, 0.25) is 0 Å². The molecule has 0 aliphatic rings. The summed E-state index contributed by atoms with van der Waals surface area (Å²) in [5.74, 6) is -5.95. The highest BCUT2D eigenvalue weighted by molar-refractivity contribution is 7.53. The van der Waals surface area contributed by atoms with E-state index in [2.05, 4.69) is 0 Å². The second-order valence-corrected chi connectivity index (χ2v) is 7.52. The van der Waals surface area contributed by atoms with Crippen molar-refractivity contribution in [3.05, 3.63) is 0 Å². The fraction of sp³-hybridized carbons (Fsp3) is 0.714. The van der Waals surface area contributed by atoms with Gasteiger partial charge in [-0.1, -0.05) is 0 Å². The molecule has 0 rings (SSSR count). The third-order valence-electron chi connectivity index (χ3n) is 2.60. The van der Waals surface area contributed by atoms with E-state index in [-0.39, 0.29) is 0 Å². The molecule has 0 spiro atoms. The van der Waals surface area contributed by atoms with Crippen LogP contribution in [0.4, 0.5) is 0 Å². The van der Waals surface area contributed by atoms with Crippen LogP contribution in [0.15, 0.2) is 0 Å². The molecule has 0 saturated carbocycles. The molecule has 0 saturated heterocycles. The largest absolute Gasteiger partial charge is 0.481 e. The van der Waals surface area contributed by atoms with E-state index in [1.165, 1.54) is 0 Å². The molecule has 0 fully saturated rings. The van der Waals surface area contributed by atoms with Gasteiger partial charge in [-0.15, -0.1) is 0 Å². The molecule has 0 bridgehead atoms. The Kier molecular flexibility index (Phi) is 6.06. The van der Waals surface area contributed by atoms with Crippen molar-refractivity contribution < 1.29 is 48.5 Å². The molecule has 0 aromatic carbocycles. The zero-order valence-corrected chi connectivity index (χ0v) is 11.8. The first-order valence-electron chi connectivity index (χ1n) is 5.00. The molecule has 0 aromatic rings. The number of carboxylic acid groups (broad SMARTS) is 2. The standard InChI is InChI=1S/C7H15NO10P2/c8-1-4(5(9)10)7(6(11)12,2-19(13,14)15)3-20(16,17)18/h4H,1-3,8H2,(H,9,10)(H,11,12)(H2,13,14,15)(H2,16,17,18). The zero-order valence-electron chi connectivity index (χ0n) is 9.99. The number of hydrogen-bond donors (Lipinski definition) is 7. The van der Waals surface area contributed by atoms with Crippen molar-refractivity contribution in [2.75, 3.05) is 18.9 Å². The predicted octanol–water partition coefficient (Wildman–Crippen LogP) is -1.93. The predicted molar refractivity (Wildman–Crippen MR) is 64.1 cm³/mol. The summed E-state index contributed by atoms with van der Waals surface area (Å²) >= 11 is 0. The van der Waals surface area contributed by atoms with E-state index in [1.54, 1.807) is 0 Å². The van der Waals surface area contributed by atoms with E-state index in [0.717, 1.165) is 0 Å². The molecule has 0 radical (unpaired) electrons. The molecule has 118 valence electrons. The Morgan fingerprint density at radius 2 is 1.35 bits per heavy atom. The van der Waals surface area contributed by atoms with Gasteiger partial charge in [0.15, 0.2) is 0 Å². The third-order valence-corrected chi connectivity index (χ3v) is 4.56. The molecular formula is C7H15NO10P2. The molecule has 0 aromatic heterocycles. The normalized spacial score (nSPS) is 14.8. The highest BCUT2D eigenvalue weighted by Gasteiger charge is 2.55. The van der Waals surface area contributed by atoms with E-state index >= 15 is 0 Å². The van der Waals surface area contributed by atoms with E-state index in [0.29, 0.717) is 0 Å². The molecule has 13 heteroatoms. The van der Waals surface area contributed by atoms with Crippen LogP contribution in [0.1, 0.15) is 0 Å². The lowest BCUT2D eigenvalue weighted by Crippen LogP contribution is -2.51. The van der Waals surface area contributed by atoms with Crippen molar-refractivity contribution in [3.63, 3.8) is 0 Å². The molecule has 0 aliphatic heterocycles. The van der Waals surface area contributed by atoms with Gasteiger partial charge in [0, 0.05) is 6.54 Å². The van der Waals surface area contributed by atoms with Gasteiger partial charge in [0.25, 0.3) is 0 Å². The molecule has 0 aliphatic carbocycles. The van der Waals surface area contributed by atoms with Gasteiger partial charge in [0.1, 0.15) is 5.41 Å². The fourth-order valence-corrected chi connectivity index (χ4v) is 4.43. The summed E-state index contributed by atoms with van der Waals surface area (Å²) in [5.41, 5.74) is 2.21. The highest BCUT2D eigenvalue weighted by atomic mass is 31.2. The molecule has 0 amide bonds. The van der Waals surface area contributed by atoms with Crippen molar-refractivity contribution in [1.29, 1.82) is 0 Å². The Hall–Kier alpha value is -0.800. The van der Waals surface area contributed by atoms with E-state index in [9.17, 15) is 18.7 Å². The Morgan fingerprint density at radius 3 is 1.50 bits per heavy atom. The van der Waals surface area contributed by atoms with E-state index in [4.69, 9.17) is 35.5 Å². The summed E-state index contributed by atoms with van der Waals surface area (Å²) in [5, 5.41) is 18.0. The van der Waals surface area contributed by atoms with Gasteiger partial charge in [-0.25, -0.2) is 0 Å². The first-order valence-corrected chi connectivity index (χ1v) is 8.60. The summed E-state index contributed by atoms with van der Waals surface area (Å²) in [6, 6.07) is 0. The summed E-state index contributed by atoms with van der Waals surface area (Å²) in [7, 11) is -10.2. The second kappa shape index (κ2) is 6.31. The highest BCUT2D eigenvalue weighted by Crippen LogP contribution is 2.52. The number of hydrogen-bond acceptors (Lipinski definition) is 5. The van der Waals surface area contributed by atoms with Crippen LogP contribution < -0.4 is 5.73 Å². The van der Waals surface area contributed by atoms with Crippen LogP contribution in [-0.4, -0.2) is 60.6 Å². The number of carbonyl (C=O) groups is 2. The quantitative estimate of drug-likeness (QED) is 0.242. The molecule has 1 unspecified atom stereocenters. The minimum atomic E-state index is -5.08. The lowest BCUT2D eigenvalue weighted by molar-refractivity contribution is -0.159. The summed E-state index contributed by atoms with van der Waals surface area (Å²) in [6.45, 7) is -0.859. The monoisotopic (exact) mass is 335 g/mol. The first-order chi connectivity index (χ1) is 8.75. The van der Waals surface area contributed by atoms with Crippen molar-refractivity contribution >= 4 is 27.1 Å². The number of carboxylic acids is 2. The van der Waals surface area contributed by atoms with Gasteiger partial charge in [-0.2, -0.15) is 0 Å². The molecule has 8 N–H and O–H groups in total. The van der Waals surface area contributed by atoms with Crippen molar-refractivity contribution in [1.82, 2.24) is 0 Å². The minimum absolute atomic E-state index is 0.859. The van der Waals surface area contributed by atoms with Gasteiger partial charge >= 0.3 is 27.1 Å². The SMILES string of the molecule is NCC(C(=O)O)C(CP(=O)(O)O)(CP(=O)(O)O)C(=O)O. The minimum Gasteiger partial charge on any atom is -0.481 e. The molecule has 20 heavy (non-hydrogen) atoms. The molecule has 0 heterocycles. The Labute approximate surface area is 112 Å². The average molecular weight is 335 g/mol. The third kappa shape index (κ3) is 5.29. The van der Waals surface area contributed by atoms with Crippen molar-refractivity contribution in [2.24, 2.45) is 17.1 Å². The van der Waals surface area contributed by atoms with Gasteiger partial charge < -0.3 is 35.5 Å². The summed E-state index contributed by atoms with van der Waals surface area (Å²) in [4.78, 5) is 57.8. The van der Waals surface area contributed by atoms with Crippen LogP contribution in [-0.2, 0) is 18.7 Å². The van der Waals surface area contributed by atoms with Crippen LogP contribution >= 0.6 is 15.2 Å². The topological polar surface area (TPSA) is 216 Å². The lowest BCUT2D eigenvalue weighted by atomic mass is 9.78. The molecular weight excluding hydrogens is 320 g/mol. The van der Waals surface area contributed by atoms with Gasteiger partial charge in [0.05, 0.1) is 18.2 Å². The van der Waals surface area contributed by atoms with Crippen LogP contribution in [0.25, 0.3) is 0 Å². The van der Waals surface area contributed by atoms with Gasteiger partial charge in [-0.05, 0) is 0 Å². The number of rotatable bonds is 8. The first kappa shape index (κ1) is 19.2. The Morgan fingerprint density at radius 1 is 1.00 bits per heavy atom. The maximum Gasteiger partial charge on any atom is 0.326 e. The number of aliphatic carboxylic acids is 2. The zero-order chi connectivity index (χ0) is 16.4. The van der Waals surface area contributed by atoms with Crippen LogP contribution in [0.2, 0.25) is 0 Å². The smallest absolute Gasteiger partial charge is 0.326 e.